The first kappa shape index (κ1) is 16.8. The molecule has 1 heterocycles. The van der Waals surface area contributed by atoms with Crippen LogP contribution in [-0.4, -0.2) is 36.7 Å². The molecule has 3 rings (SSSR count). The summed E-state index contributed by atoms with van der Waals surface area (Å²) in [5.74, 6) is -1.06. The molecule has 0 bridgehead atoms. The van der Waals surface area contributed by atoms with Gasteiger partial charge in [-0.15, -0.1) is 0 Å². The van der Waals surface area contributed by atoms with Gasteiger partial charge in [0.15, 0.2) is 0 Å². The van der Waals surface area contributed by atoms with Crippen LogP contribution in [0.1, 0.15) is 32.7 Å². The van der Waals surface area contributed by atoms with Gasteiger partial charge in [-0.1, -0.05) is 18.2 Å². The Bertz CT molecular complexity index is 804. The summed E-state index contributed by atoms with van der Waals surface area (Å²) in [5.41, 5.74) is 8.16. The fraction of sp³-hybridized carbons (Fsp3) is 0.263. The van der Waals surface area contributed by atoms with Crippen LogP contribution in [0.3, 0.4) is 0 Å². The second-order valence-corrected chi connectivity index (χ2v) is 5.91. The fourth-order valence-electron chi connectivity index (χ4n) is 3.20. The number of ether oxygens (including phenoxy) is 1. The lowest BCUT2D eigenvalue weighted by atomic mass is 9.96. The van der Waals surface area contributed by atoms with E-state index in [0.29, 0.717) is 24.5 Å². The van der Waals surface area contributed by atoms with E-state index in [1.165, 1.54) is 6.07 Å². The molecule has 25 heavy (non-hydrogen) atoms. The minimum Gasteiger partial charge on any atom is -0.491 e. The second kappa shape index (κ2) is 7.25. The number of carbonyl (C=O) groups excluding carboxylic acids is 1. The van der Waals surface area contributed by atoms with Crippen LogP contribution in [-0.2, 0) is 6.42 Å². The van der Waals surface area contributed by atoms with E-state index in [2.05, 4.69) is 4.90 Å². The van der Waals surface area contributed by atoms with Gasteiger partial charge >= 0.3 is 5.97 Å². The highest BCUT2D eigenvalue weighted by Gasteiger charge is 2.21. The number of rotatable bonds is 6. The van der Waals surface area contributed by atoms with Crippen LogP contribution >= 0.6 is 0 Å². The average Bonchev–Trinajstić information content (AvgIpc) is 2.61. The van der Waals surface area contributed by atoms with Crippen molar-refractivity contribution in [3.8, 4) is 5.75 Å². The summed E-state index contributed by atoms with van der Waals surface area (Å²) in [6.07, 6.45) is 1.76. The molecule has 1 amide bonds. The Labute approximate surface area is 145 Å². The Morgan fingerprint density at radius 3 is 2.64 bits per heavy atom. The van der Waals surface area contributed by atoms with Crippen molar-refractivity contribution < 1.29 is 19.4 Å². The van der Waals surface area contributed by atoms with Crippen molar-refractivity contribution in [1.82, 2.24) is 0 Å². The first-order chi connectivity index (χ1) is 12.1. The Hall–Kier alpha value is -3.02. The van der Waals surface area contributed by atoms with Crippen molar-refractivity contribution >= 4 is 17.6 Å². The number of carboxylic acid groups (broad SMARTS) is 1. The molecule has 3 N–H and O–H groups in total. The maximum absolute atomic E-state index is 11.6. The molecular formula is C19H20N2O4. The molecule has 0 saturated carbocycles. The van der Waals surface area contributed by atoms with E-state index in [-0.39, 0.29) is 5.56 Å². The third-order valence-corrected chi connectivity index (χ3v) is 4.35. The van der Waals surface area contributed by atoms with Gasteiger partial charge in [0.25, 0.3) is 0 Å². The summed E-state index contributed by atoms with van der Waals surface area (Å²) >= 11 is 0. The minimum atomic E-state index is -1.01. The number of primary amides is 1. The second-order valence-electron chi connectivity index (χ2n) is 5.91. The highest BCUT2D eigenvalue weighted by molar-refractivity contribution is 5.96. The molecule has 0 radical (unpaired) electrons. The maximum atomic E-state index is 11.6. The maximum Gasteiger partial charge on any atom is 0.339 e. The zero-order valence-electron chi connectivity index (χ0n) is 13.8. The van der Waals surface area contributed by atoms with Gasteiger partial charge in [0.2, 0.25) is 5.91 Å². The van der Waals surface area contributed by atoms with Crippen LogP contribution in [0.5, 0.6) is 5.75 Å². The van der Waals surface area contributed by atoms with E-state index in [4.69, 9.17) is 10.5 Å². The summed E-state index contributed by atoms with van der Waals surface area (Å²) in [6.45, 7) is 1.81. The van der Waals surface area contributed by atoms with E-state index in [0.717, 1.165) is 30.6 Å². The summed E-state index contributed by atoms with van der Waals surface area (Å²) < 4.78 is 5.68. The average molecular weight is 340 g/mol. The standard InChI is InChI=1S/C19H20N2O4/c20-18(22)14-6-3-8-16-13(14)7-4-10-21(16)11-12-25-17-9-2-1-5-15(17)19(23)24/h1-3,5-6,8-9H,4,7,10-12H2,(H2,20,22)(H,23,24). The summed E-state index contributed by atoms with van der Waals surface area (Å²) in [6, 6.07) is 12.2. The summed E-state index contributed by atoms with van der Waals surface area (Å²) in [5, 5.41) is 9.19. The predicted molar refractivity (Wildman–Crippen MR) is 94.4 cm³/mol. The lowest BCUT2D eigenvalue weighted by Crippen LogP contribution is -2.34. The highest BCUT2D eigenvalue weighted by atomic mass is 16.5. The molecule has 2 aromatic carbocycles. The number of fused-ring (bicyclic) bond motifs is 1. The number of anilines is 1. The van der Waals surface area contributed by atoms with E-state index in [9.17, 15) is 14.7 Å². The number of nitrogens with two attached hydrogens (primary N) is 1. The number of hydrogen-bond acceptors (Lipinski definition) is 4. The number of carbonyl (C=O) groups is 2. The van der Waals surface area contributed by atoms with Crippen molar-refractivity contribution in [2.45, 2.75) is 12.8 Å². The molecule has 1 aliphatic heterocycles. The molecule has 0 aliphatic carbocycles. The zero-order valence-corrected chi connectivity index (χ0v) is 13.8. The van der Waals surface area contributed by atoms with Gasteiger partial charge in [0, 0.05) is 17.8 Å². The Morgan fingerprint density at radius 2 is 1.88 bits per heavy atom. The van der Waals surface area contributed by atoms with Crippen molar-refractivity contribution in [2.75, 3.05) is 24.6 Å². The van der Waals surface area contributed by atoms with Gasteiger partial charge in [0.05, 0.1) is 6.54 Å². The summed E-state index contributed by atoms with van der Waals surface area (Å²) in [7, 11) is 0. The fourth-order valence-corrected chi connectivity index (χ4v) is 3.20. The molecule has 0 spiro atoms. The van der Waals surface area contributed by atoms with E-state index in [1.54, 1.807) is 24.3 Å². The molecule has 0 atom stereocenters. The lowest BCUT2D eigenvalue weighted by Gasteiger charge is -2.32. The monoisotopic (exact) mass is 340 g/mol. The van der Waals surface area contributed by atoms with Crippen molar-refractivity contribution in [1.29, 1.82) is 0 Å². The third-order valence-electron chi connectivity index (χ3n) is 4.35. The zero-order chi connectivity index (χ0) is 17.8. The van der Waals surface area contributed by atoms with E-state index in [1.807, 2.05) is 12.1 Å². The normalized spacial score (nSPS) is 13.2. The SMILES string of the molecule is NC(=O)c1cccc2c1CCCN2CCOc1ccccc1C(=O)O. The van der Waals surface area contributed by atoms with Crippen LogP contribution in [0, 0.1) is 0 Å². The molecule has 6 heteroatoms. The van der Waals surface area contributed by atoms with E-state index >= 15 is 0 Å². The van der Waals surface area contributed by atoms with Crippen LogP contribution in [0.4, 0.5) is 5.69 Å². The molecule has 0 aromatic heterocycles. The summed E-state index contributed by atoms with van der Waals surface area (Å²) in [4.78, 5) is 25.0. The van der Waals surface area contributed by atoms with Crippen molar-refractivity contribution in [3.63, 3.8) is 0 Å². The Morgan fingerprint density at radius 1 is 1.12 bits per heavy atom. The number of nitrogens with zero attached hydrogens (tertiary/aromatic N) is 1. The minimum absolute atomic E-state index is 0.151. The number of amides is 1. The van der Waals surface area contributed by atoms with Crippen LogP contribution in [0.2, 0.25) is 0 Å². The number of carboxylic acids is 1. The van der Waals surface area contributed by atoms with Gasteiger partial charge in [-0.3, -0.25) is 4.79 Å². The van der Waals surface area contributed by atoms with Gasteiger partial charge in [-0.2, -0.15) is 0 Å². The Kier molecular flexibility index (Phi) is 4.88. The molecule has 2 aromatic rings. The number of hydrogen-bond donors (Lipinski definition) is 2. The Balaban J connectivity index is 1.71. The van der Waals surface area contributed by atoms with Crippen molar-refractivity contribution in [3.05, 3.63) is 59.2 Å². The van der Waals surface area contributed by atoms with Gasteiger partial charge in [-0.25, -0.2) is 4.79 Å². The topological polar surface area (TPSA) is 92.9 Å². The molecule has 0 fully saturated rings. The molecule has 0 unspecified atom stereocenters. The van der Waals surface area contributed by atoms with Gasteiger partial charge in [0.1, 0.15) is 17.9 Å². The number of benzene rings is 2. The third kappa shape index (κ3) is 3.57. The van der Waals surface area contributed by atoms with Gasteiger partial charge < -0.3 is 20.5 Å². The van der Waals surface area contributed by atoms with Crippen LogP contribution in [0.15, 0.2) is 42.5 Å². The van der Waals surface area contributed by atoms with Gasteiger partial charge in [-0.05, 0) is 42.7 Å². The van der Waals surface area contributed by atoms with Crippen molar-refractivity contribution in [2.24, 2.45) is 5.73 Å². The number of aromatic carboxylic acids is 1. The highest BCUT2D eigenvalue weighted by Crippen LogP contribution is 2.29. The molecular weight excluding hydrogens is 320 g/mol. The quantitative estimate of drug-likeness (QED) is 0.842. The predicted octanol–water partition coefficient (Wildman–Crippen LogP) is 2.32. The molecule has 130 valence electrons. The lowest BCUT2D eigenvalue weighted by molar-refractivity contribution is 0.0692. The largest absolute Gasteiger partial charge is 0.491 e. The van der Waals surface area contributed by atoms with Crippen LogP contribution < -0.4 is 15.4 Å². The van der Waals surface area contributed by atoms with E-state index < -0.39 is 11.9 Å². The molecule has 0 saturated heterocycles. The molecule has 6 nitrogen and oxygen atoms in total. The smallest absolute Gasteiger partial charge is 0.339 e. The van der Waals surface area contributed by atoms with Crippen LogP contribution in [0.25, 0.3) is 0 Å². The molecule has 1 aliphatic rings. The first-order valence-electron chi connectivity index (χ1n) is 8.19. The number of para-hydroxylation sites is 1. The first-order valence-corrected chi connectivity index (χ1v) is 8.19.